The molecule has 3 N–H and O–H groups in total. The van der Waals surface area contributed by atoms with Crippen molar-refractivity contribution in [2.75, 3.05) is 18.5 Å². The van der Waals surface area contributed by atoms with Crippen molar-refractivity contribution >= 4 is 23.2 Å². The van der Waals surface area contributed by atoms with E-state index in [1.807, 2.05) is 0 Å². The quantitative estimate of drug-likeness (QED) is 0.492. The minimum absolute atomic E-state index is 0.133. The van der Waals surface area contributed by atoms with Crippen LogP contribution in [0.4, 0.5) is 5.69 Å². The summed E-state index contributed by atoms with van der Waals surface area (Å²) in [7, 11) is 0. The maximum absolute atomic E-state index is 12.9. The van der Waals surface area contributed by atoms with Gasteiger partial charge in [-0.25, -0.2) is 0 Å². The highest BCUT2D eigenvalue weighted by Gasteiger charge is 2.31. The van der Waals surface area contributed by atoms with Gasteiger partial charge in [0.15, 0.2) is 11.6 Å². The fourth-order valence-electron chi connectivity index (χ4n) is 3.05. The Bertz CT molecular complexity index is 890. The molecule has 1 aliphatic rings. The molecule has 0 aliphatic heterocycles. The second kappa shape index (κ2) is 8.14. The molecule has 6 nitrogen and oxygen atoms in total. The molecule has 0 saturated carbocycles. The molecule has 2 aromatic carbocycles. The summed E-state index contributed by atoms with van der Waals surface area (Å²) >= 11 is 0. The molecule has 0 amide bonds. The summed E-state index contributed by atoms with van der Waals surface area (Å²) in [6, 6.07) is 11.5. The minimum Gasteiger partial charge on any atom is -0.465 e. The number of nitrogens with one attached hydrogen (secondary N) is 1. The molecule has 0 heterocycles. The van der Waals surface area contributed by atoms with Gasteiger partial charge in [-0.2, -0.15) is 0 Å². The molecule has 0 fully saturated rings. The number of carbonyl (C=O) groups excluding carboxylic acids is 3. The number of fused-ring (bicyclic) bond motifs is 2. The van der Waals surface area contributed by atoms with Crippen LogP contribution in [0.1, 0.15) is 51.6 Å². The van der Waals surface area contributed by atoms with Crippen LogP contribution in [0.3, 0.4) is 0 Å². The summed E-state index contributed by atoms with van der Waals surface area (Å²) in [5, 5.41) is 3.23. The molecular weight excluding hydrogens is 344 g/mol. The van der Waals surface area contributed by atoms with Crippen LogP contribution in [0.15, 0.2) is 42.5 Å². The molecule has 2 aromatic rings. The fourth-order valence-corrected chi connectivity index (χ4v) is 3.05. The molecule has 0 unspecified atom stereocenters. The number of anilines is 1. The van der Waals surface area contributed by atoms with Gasteiger partial charge in [0.05, 0.1) is 12.2 Å². The van der Waals surface area contributed by atoms with Crippen molar-refractivity contribution in [1.82, 2.24) is 0 Å². The predicted molar refractivity (Wildman–Crippen MR) is 102 cm³/mol. The van der Waals surface area contributed by atoms with Gasteiger partial charge in [0.25, 0.3) is 0 Å². The average Bonchev–Trinajstić information content (AvgIpc) is 2.68. The minimum atomic E-state index is -0.620. The van der Waals surface area contributed by atoms with Gasteiger partial charge in [-0.3, -0.25) is 14.4 Å². The lowest BCUT2D eigenvalue weighted by Crippen LogP contribution is -2.29. The Morgan fingerprint density at radius 2 is 1.67 bits per heavy atom. The third-order valence-corrected chi connectivity index (χ3v) is 4.46. The van der Waals surface area contributed by atoms with Gasteiger partial charge in [0.1, 0.15) is 6.04 Å². The molecule has 1 atom stereocenters. The third kappa shape index (κ3) is 3.90. The zero-order valence-electron chi connectivity index (χ0n) is 15.2. The van der Waals surface area contributed by atoms with Gasteiger partial charge in [-0.15, -0.1) is 0 Å². The van der Waals surface area contributed by atoms with E-state index in [0.29, 0.717) is 47.5 Å². The topological polar surface area (TPSA) is 98.5 Å². The Morgan fingerprint density at radius 3 is 2.37 bits per heavy atom. The van der Waals surface area contributed by atoms with Crippen LogP contribution in [0.5, 0.6) is 0 Å². The van der Waals surface area contributed by atoms with E-state index in [2.05, 4.69) is 5.32 Å². The van der Waals surface area contributed by atoms with Crippen LogP contribution in [0.25, 0.3) is 0 Å². The SMILES string of the molecule is C[C@@H](N)C(=O)OCCCCNc1cccc2c1C(=O)c1ccccc1C2=O. The first-order chi connectivity index (χ1) is 13.0. The number of esters is 1. The highest BCUT2D eigenvalue weighted by Crippen LogP contribution is 2.31. The van der Waals surface area contributed by atoms with Gasteiger partial charge in [0.2, 0.25) is 0 Å². The number of hydrogen-bond donors (Lipinski definition) is 2. The summed E-state index contributed by atoms with van der Waals surface area (Å²) < 4.78 is 5.03. The molecule has 1 aliphatic carbocycles. The number of ketones is 2. The summed E-state index contributed by atoms with van der Waals surface area (Å²) in [6.45, 7) is 2.48. The zero-order valence-corrected chi connectivity index (χ0v) is 15.2. The van der Waals surface area contributed by atoms with Crippen molar-refractivity contribution in [2.24, 2.45) is 5.73 Å². The molecular formula is C21H22N2O4. The van der Waals surface area contributed by atoms with E-state index in [0.717, 1.165) is 6.42 Å². The van der Waals surface area contributed by atoms with Crippen LogP contribution in [-0.4, -0.2) is 36.7 Å². The molecule has 0 saturated heterocycles. The lowest BCUT2D eigenvalue weighted by atomic mass is 9.83. The lowest BCUT2D eigenvalue weighted by molar-refractivity contribution is -0.144. The Kier molecular flexibility index (Phi) is 5.66. The highest BCUT2D eigenvalue weighted by molar-refractivity contribution is 6.30. The first kappa shape index (κ1) is 18.8. The Labute approximate surface area is 157 Å². The van der Waals surface area contributed by atoms with Crippen molar-refractivity contribution in [2.45, 2.75) is 25.8 Å². The molecule has 3 rings (SSSR count). The molecule has 0 radical (unpaired) electrons. The van der Waals surface area contributed by atoms with Crippen LogP contribution < -0.4 is 11.1 Å². The number of nitrogens with two attached hydrogens (primary N) is 1. The first-order valence-corrected chi connectivity index (χ1v) is 8.98. The fraction of sp³-hybridized carbons (Fsp3) is 0.286. The van der Waals surface area contributed by atoms with Gasteiger partial charge >= 0.3 is 5.97 Å². The van der Waals surface area contributed by atoms with Crippen molar-refractivity contribution in [1.29, 1.82) is 0 Å². The number of hydrogen-bond acceptors (Lipinski definition) is 6. The largest absolute Gasteiger partial charge is 0.465 e. The maximum atomic E-state index is 12.9. The van der Waals surface area contributed by atoms with Gasteiger partial charge < -0.3 is 15.8 Å². The van der Waals surface area contributed by atoms with Crippen molar-refractivity contribution in [3.8, 4) is 0 Å². The van der Waals surface area contributed by atoms with Crippen LogP contribution in [0.2, 0.25) is 0 Å². The second-order valence-corrected chi connectivity index (χ2v) is 6.52. The lowest BCUT2D eigenvalue weighted by Gasteiger charge is -2.20. The van der Waals surface area contributed by atoms with Crippen LogP contribution in [0, 0.1) is 0 Å². The smallest absolute Gasteiger partial charge is 0.322 e. The summed E-state index contributed by atoms with van der Waals surface area (Å²) in [4.78, 5) is 36.9. The van der Waals surface area contributed by atoms with E-state index >= 15 is 0 Å². The van der Waals surface area contributed by atoms with Crippen LogP contribution in [-0.2, 0) is 9.53 Å². The Hall–Kier alpha value is -2.99. The van der Waals surface area contributed by atoms with Crippen molar-refractivity contribution < 1.29 is 19.1 Å². The first-order valence-electron chi connectivity index (χ1n) is 8.98. The van der Waals surface area contributed by atoms with E-state index in [4.69, 9.17) is 10.5 Å². The van der Waals surface area contributed by atoms with Gasteiger partial charge in [-0.1, -0.05) is 36.4 Å². The van der Waals surface area contributed by atoms with E-state index in [1.165, 1.54) is 0 Å². The molecule has 0 aromatic heterocycles. The Balaban J connectivity index is 1.65. The highest BCUT2D eigenvalue weighted by atomic mass is 16.5. The van der Waals surface area contributed by atoms with Gasteiger partial charge in [-0.05, 0) is 25.8 Å². The monoisotopic (exact) mass is 366 g/mol. The summed E-state index contributed by atoms with van der Waals surface area (Å²) in [5.41, 5.74) is 7.81. The van der Waals surface area contributed by atoms with E-state index < -0.39 is 12.0 Å². The molecule has 0 spiro atoms. The Morgan fingerprint density at radius 1 is 1.00 bits per heavy atom. The van der Waals surface area contributed by atoms with Crippen molar-refractivity contribution in [3.63, 3.8) is 0 Å². The summed E-state index contributed by atoms with van der Waals surface area (Å²) in [6.07, 6.45) is 1.42. The van der Waals surface area contributed by atoms with E-state index in [9.17, 15) is 14.4 Å². The van der Waals surface area contributed by atoms with Gasteiger partial charge in [0, 0.05) is 28.9 Å². The molecule has 0 bridgehead atoms. The third-order valence-electron chi connectivity index (χ3n) is 4.46. The number of benzene rings is 2. The normalized spacial score (nSPS) is 13.6. The molecule has 27 heavy (non-hydrogen) atoms. The van der Waals surface area contributed by atoms with Crippen molar-refractivity contribution in [3.05, 3.63) is 64.7 Å². The number of rotatable bonds is 7. The number of carbonyl (C=O) groups is 3. The second-order valence-electron chi connectivity index (χ2n) is 6.52. The maximum Gasteiger partial charge on any atom is 0.322 e. The van der Waals surface area contributed by atoms with E-state index in [-0.39, 0.29) is 11.6 Å². The molecule has 6 heteroatoms. The average molecular weight is 366 g/mol. The predicted octanol–water partition coefficient (Wildman–Crippen LogP) is 2.54. The van der Waals surface area contributed by atoms with Crippen LogP contribution >= 0.6 is 0 Å². The standard InChI is InChI=1S/C21H22N2O4/c1-13(22)21(26)27-12-5-4-11-23-17-10-6-9-16-18(17)20(25)15-8-3-2-7-14(15)19(16)24/h2-3,6-10,13,23H,4-5,11-12,22H2,1H3/t13-/m1/s1. The molecule has 140 valence electrons. The number of unbranched alkanes of at least 4 members (excludes halogenated alkanes) is 1. The summed E-state index contributed by atoms with van der Waals surface area (Å²) in [5.74, 6) is -0.691. The number of ether oxygens (including phenoxy) is 1. The van der Waals surface area contributed by atoms with E-state index in [1.54, 1.807) is 49.4 Å². The zero-order chi connectivity index (χ0) is 19.4.